The van der Waals surface area contributed by atoms with E-state index < -0.39 is 16.0 Å². The first-order chi connectivity index (χ1) is 9.79. The Bertz CT molecular complexity index is 752. The second-order valence-corrected chi connectivity index (χ2v) is 8.02. The first-order valence-electron chi connectivity index (χ1n) is 5.05. The number of aryl methyl sites for hydroxylation is 1. The second-order valence-electron chi connectivity index (χ2n) is 3.47. The first-order valence-corrected chi connectivity index (χ1v) is 9.13. The Morgan fingerprint density at radius 2 is 2.19 bits per heavy atom. The number of aromatic nitrogens is 5. The minimum Gasteiger partial charge on any atom is -0.481 e. The molecule has 2 aromatic heterocycles. The summed E-state index contributed by atoms with van der Waals surface area (Å²) < 4.78 is 28.1. The first kappa shape index (κ1) is 16.1. The van der Waals surface area contributed by atoms with Gasteiger partial charge in [-0.05, 0) is 15.9 Å². The van der Waals surface area contributed by atoms with E-state index in [9.17, 15) is 13.2 Å². The summed E-state index contributed by atoms with van der Waals surface area (Å²) in [4.78, 5) is 10.4. The Hall–Kier alpha value is -1.25. The Balaban J connectivity index is 2.16. The summed E-state index contributed by atoms with van der Waals surface area (Å²) in [7, 11) is -2.49. The van der Waals surface area contributed by atoms with Crippen LogP contribution in [0.5, 0.6) is 0 Å². The summed E-state index contributed by atoms with van der Waals surface area (Å²) in [5.74, 6) is -1.18. The van der Waals surface area contributed by atoms with Crippen molar-refractivity contribution < 1.29 is 18.3 Å². The van der Waals surface area contributed by atoms with Gasteiger partial charge in [-0.1, -0.05) is 28.3 Å². The third-order valence-electron chi connectivity index (χ3n) is 1.94. The van der Waals surface area contributed by atoms with Gasteiger partial charge in [-0.15, -0.1) is 15.3 Å². The molecule has 0 bridgehead atoms. The monoisotopic (exact) mass is 414 g/mol. The molecule has 0 aliphatic carbocycles. The average molecular weight is 415 g/mol. The quantitative estimate of drug-likeness (QED) is 0.642. The summed E-state index contributed by atoms with van der Waals surface area (Å²) in [5, 5.41) is 22.9. The summed E-state index contributed by atoms with van der Waals surface area (Å²) in [5.41, 5.74) is 0. The van der Waals surface area contributed by atoms with E-state index in [-0.39, 0.29) is 20.5 Å². The zero-order valence-corrected chi connectivity index (χ0v) is 14.3. The predicted octanol–water partition coefficient (Wildman–Crippen LogP) is 0.407. The van der Waals surface area contributed by atoms with Gasteiger partial charge in [0.1, 0.15) is 0 Å². The zero-order valence-electron chi connectivity index (χ0n) is 10.2. The van der Waals surface area contributed by atoms with Crippen LogP contribution >= 0.6 is 39.0 Å². The lowest BCUT2D eigenvalue weighted by Crippen LogP contribution is -2.17. The molecule has 14 heteroatoms. The highest BCUT2D eigenvalue weighted by molar-refractivity contribution is 9.10. The smallest absolute Gasteiger partial charge is 0.313 e. The third-order valence-corrected chi connectivity index (χ3v) is 6.25. The molecule has 2 heterocycles. The van der Waals surface area contributed by atoms with Crippen LogP contribution in [0.25, 0.3) is 0 Å². The minimum absolute atomic E-state index is 0.0241. The van der Waals surface area contributed by atoms with Crippen LogP contribution in [-0.4, -0.2) is 50.4 Å². The van der Waals surface area contributed by atoms with Crippen molar-refractivity contribution >= 4 is 60.2 Å². The Labute approximate surface area is 135 Å². The molecule has 0 radical (unpaired) electrons. The maximum absolute atomic E-state index is 12.2. The number of rotatable bonds is 6. The van der Waals surface area contributed by atoms with Gasteiger partial charge in [0.25, 0.3) is 10.0 Å². The highest BCUT2D eigenvalue weighted by Gasteiger charge is 2.25. The van der Waals surface area contributed by atoms with E-state index in [2.05, 4.69) is 41.2 Å². The molecule has 0 amide bonds. The standard InChI is InChI=1S/C7H7BrN6O4S3/c1-14-5(4(8)9-13-14)21(17,18)12-6-10-11-7(20-6)19-2-3(15)16/h2H2,1H3,(H,10,12)(H,15,16). The van der Waals surface area contributed by atoms with Gasteiger partial charge in [-0.2, -0.15) is 8.42 Å². The average Bonchev–Trinajstić information content (AvgIpc) is 2.93. The summed E-state index contributed by atoms with van der Waals surface area (Å²) in [6, 6.07) is 0. The van der Waals surface area contributed by atoms with Crippen molar-refractivity contribution in [2.45, 2.75) is 9.37 Å². The molecule has 2 aromatic rings. The molecule has 0 atom stereocenters. The summed E-state index contributed by atoms with van der Waals surface area (Å²) >= 11 is 4.88. The van der Waals surface area contributed by atoms with Crippen molar-refractivity contribution in [3.05, 3.63) is 4.60 Å². The van der Waals surface area contributed by atoms with Crippen LogP contribution in [0.3, 0.4) is 0 Å². The van der Waals surface area contributed by atoms with Crippen LogP contribution < -0.4 is 4.72 Å². The molecule has 114 valence electrons. The number of aliphatic carboxylic acids is 1. The number of halogens is 1. The lowest BCUT2D eigenvalue weighted by molar-refractivity contribution is -0.133. The van der Waals surface area contributed by atoms with Crippen LogP contribution in [-0.2, 0) is 21.9 Å². The number of hydrogen-bond donors (Lipinski definition) is 2. The van der Waals surface area contributed by atoms with Gasteiger partial charge in [-0.3, -0.25) is 9.52 Å². The maximum Gasteiger partial charge on any atom is 0.313 e. The molecule has 0 aliphatic rings. The largest absolute Gasteiger partial charge is 0.481 e. The van der Waals surface area contributed by atoms with Gasteiger partial charge in [0.15, 0.2) is 8.94 Å². The van der Waals surface area contributed by atoms with Gasteiger partial charge in [0.2, 0.25) is 10.2 Å². The number of sulfonamides is 1. The van der Waals surface area contributed by atoms with Crippen molar-refractivity contribution in [3.8, 4) is 0 Å². The predicted molar refractivity (Wildman–Crippen MR) is 77.8 cm³/mol. The molecule has 10 nitrogen and oxygen atoms in total. The fourth-order valence-electron chi connectivity index (χ4n) is 1.20. The maximum atomic E-state index is 12.2. The minimum atomic E-state index is -3.93. The lowest BCUT2D eigenvalue weighted by Gasteiger charge is -2.03. The molecule has 0 saturated heterocycles. The van der Waals surface area contributed by atoms with Gasteiger partial charge in [0, 0.05) is 7.05 Å². The summed E-state index contributed by atoms with van der Waals surface area (Å²) in [6.45, 7) is 0. The molecular weight excluding hydrogens is 408 g/mol. The van der Waals surface area contributed by atoms with E-state index in [0.29, 0.717) is 4.34 Å². The number of carboxylic acid groups (broad SMARTS) is 1. The zero-order chi connectivity index (χ0) is 15.6. The summed E-state index contributed by atoms with van der Waals surface area (Å²) in [6.07, 6.45) is 0. The van der Waals surface area contributed by atoms with E-state index >= 15 is 0 Å². The molecule has 0 unspecified atom stereocenters. The van der Waals surface area contributed by atoms with Crippen molar-refractivity contribution in [2.24, 2.45) is 7.05 Å². The number of carboxylic acids is 1. The van der Waals surface area contributed by atoms with Crippen LogP contribution in [0.15, 0.2) is 14.0 Å². The van der Waals surface area contributed by atoms with Crippen LogP contribution in [0, 0.1) is 0 Å². The number of nitrogens with zero attached hydrogens (tertiary/aromatic N) is 5. The molecule has 0 fully saturated rings. The van der Waals surface area contributed by atoms with Crippen molar-refractivity contribution in [3.63, 3.8) is 0 Å². The number of anilines is 1. The fourth-order valence-corrected chi connectivity index (χ4v) is 5.00. The van der Waals surface area contributed by atoms with Crippen molar-refractivity contribution in [1.82, 2.24) is 25.2 Å². The number of carbonyl (C=O) groups is 1. The van der Waals surface area contributed by atoms with Crippen molar-refractivity contribution in [2.75, 3.05) is 10.5 Å². The molecule has 0 aliphatic heterocycles. The second kappa shape index (κ2) is 6.25. The van der Waals surface area contributed by atoms with Gasteiger partial charge in [-0.25, -0.2) is 4.68 Å². The molecule has 2 rings (SSSR count). The lowest BCUT2D eigenvalue weighted by atomic mass is 10.8. The van der Waals surface area contributed by atoms with E-state index in [4.69, 9.17) is 5.11 Å². The topological polar surface area (TPSA) is 140 Å². The van der Waals surface area contributed by atoms with E-state index in [1.807, 2.05) is 0 Å². The highest BCUT2D eigenvalue weighted by atomic mass is 79.9. The number of hydrogen-bond acceptors (Lipinski definition) is 9. The van der Waals surface area contributed by atoms with Crippen LogP contribution in [0.1, 0.15) is 0 Å². The fraction of sp³-hybridized carbons (Fsp3) is 0.286. The molecule has 0 aromatic carbocycles. The molecule has 2 N–H and O–H groups in total. The van der Waals surface area contributed by atoms with E-state index in [0.717, 1.165) is 27.8 Å². The number of nitrogens with one attached hydrogen (secondary N) is 1. The van der Waals surface area contributed by atoms with Gasteiger partial charge < -0.3 is 5.11 Å². The highest BCUT2D eigenvalue weighted by Crippen LogP contribution is 2.28. The molecule has 0 spiro atoms. The Morgan fingerprint density at radius 3 is 2.76 bits per heavy atom. The molecule has 0 saturated carbocycles. The normalized spacial score (nSPS) is 11.5. The Morgan fingerprint density at radius 1 is 1.48 bits per heavy atom. The van der Waals surface area contributed by atoms with Crippen LogP contribution in [0.2, 0.25) is 0 Å². The van der Waals surface area contributed by atoms with Gasteiger partial charge >= 0.3 is 5.97 Å². The van der Waals surface area contributed by atoms with E-state index in [1.54, 1.807) is 0 Å². The SMILES string of the molecule is Cn1nnc(Br)c1S(=O)(=O)Nc1nnc(SCC(=O)O)s1. The number of thioether (sulfide) groups is 1. The van der Waals surface area contributed by atoms with Crippen molar-refractivity contribution in [1.29, 1.82) is 0 Å². The van der Waals surface area contributed by atoms with Crippen LogP contribution in [0.4, 0.5) is 5.13 Å². The molecular formula is C7H7BrN6O4S3. The van der Waals surface area contributed by atoms with Gasteiger partial charge in [0.05, 0.1) is 5.75 Å². The Kier molecular flexibility index (Phi) is 4.80. The molecule has 21 heavy (non-hydrogen) atoms. The van der Waals surface area contributed by atoms with E-state index in [1.165, 1.54) is 7.05 Å². The third kappa shape index (κ3) is 3.90.